The Morgan fingerprint density at radius 1 is 1.09 bits per heavy atom. The van der Waals surface area contributed by atoms with E-state index in [-0.39, 0.29) is 20.9 Å². The van der Waals surface area contributed by atoms with Crippen LogP contribution in [0.15, 0.2) is 47.8 Å². The summed E-state index contributed by atoms with van der Waals surface area (Å²) in [5.74, 6) is 0.0429. The average Bonchev–Trinajstić information content (AvgIpc) is 3.28. The zero-order valence-corrected chi connectivity index (χ0v) is 19.0. The minimum atomic E-state index is -0.718. The number of hydrogen-bond acceptors (Lipinski definition) is 6. The van der Waals surface area contributed by atoms with Gasteiger partial charge in [-0.15, -0.1) is 0 Å². The van der Waals surface area contributed by atoms with Crippen molar-refractivity contribution in [2.75, 3.05) is 5.32 Å². The number of anilines is 1. The van der Waals surface area contributed by atoms with Crippen LogP contribution < -0.4 is 10.9 Å². The van der Waals surface area contributed by atoms with Gasteiger partial charge < -0.3 is 10.3 Å². The predicted octanol–water partition coefficient (Wildman–Crippen LogP) is 5.32. The highest BCUT2D eigenvalue weighted by Crippen LogP contribution is 2.29. The summed E-state index contributed by atoms with van der Waals surface area (Å²) in [5, 5.41) is 3.43. The van der Waals surface area contributed by atoms with E-state index >= 15 is 0 Å². The first-order valence-electron chi connectivity index (χ1n) is 9.62. The molecule has 0 aliphatic rings. The molecule has 0 aliphatic carbocycles. The van der Waals surface area contributed by atoms with E-state index in [1.54, 1.807) is 19.1 Å². The van der Waals surface area contributed by atoms with Crippen molar-refractivity contribution in [1.29, 1.82) is 0 Å². The van der Waals surface area contributed by atoms with E-state index in [4.69, 9.17) is 34.8 Å². The smallest absolute Gasteiger partial charge is 0.267 e. The van der Waals surface area contributed by atoms with Crippen molar-refractivity contribution in [2.45, 2.75) is 13.0 Å². The monoisotopic (exact) mass is 503 g/mol. The van der Waals surface area contributed by atoms with Crippen LogP contribution in [-0.4, -0.2) is 29.5 Å². The number of rotatable bonds is 4. The van der Waals surface area contributed by atoms with Crippen LogP contribution in [0.25, 0.3) is 27.8 Å². The van der Waals surface area contributed by atoms with Gasteiger partial charge in [0.05, 0.1) is 44.0 Å². The molecule has 5 rings (SSSR count). The standard InChI is InChI=1S/C21H13Cl3FN7O/c1-9(30-19-17-18(27-7-26-17)28-8-29-19)20-31-14-5-4-13(25)16(24)15(14)21(33)32(20)10-2-3-11(22)12(23)6-10/h2-9H,1H3,(H2,26,27,28,29,30)/t9-/m0/s1. The molecule has 1 atom stereocenters. The Morgan fingerprint density at radius 2 is 1.91 bits per heavy atom. The van der Waals surface area contributed by atoms with Crippen molar-refractivity contribution in [2.24, 2.45) is 0 Å². The van der Waals surface area contributed by atoms with Gasteiger partial charge in [-0.05, 0) is 37.3 Å². The lowest BCUT2D eigenvalue weighted by atomic mass is 10.2. The molecule has 2 N–H and O–H groups in total. The molecule has 3 aromatic heterocycles. The SMILES string of the molecule is C[C@H](Nc1ncnc2[nH]cnc12)c1nc2ccc(F)c(Cl)c2c(=O)n1-c1ccc(Cl)c(Cl)c1. The van der Waals surface area contributed by atoms with Crippen LogP contribution >= 0.6 is 34.8 Å². The fourth-order valence-corrected chi connectivity index (χ4v) is 4.06. The number of aromatic amines is 1. The Kier molecular flexibility index (Phi) is 5.40. The first-order chi connectivity index (χ1) is 15.8. The minimum Gasteiger partial charge on any atom is -0.358 e. The Labute approximate surface area is 200 Å². The third kappa shape index (κ3) is 3.68. The number of nitrogens with zero attached hydrogens (tertiary/aromatic N) is 5. The summed E-state index contributed by atoms with van der Waals surface area (Å²) < 4.78 is 15.5. The summed E-state index contributed by atoms with van der Waals surface area (Å²) in [6.45, 7) is 1.80. The maximum atomic E-state index is 14.2. The lowest BCUT2D eigenvalue weighted by Crippen LogP contribution is -2.27. The van der Waals surface area contributed by atoms with Crippen LogP contribution in [0.3, 0.4) is 0 Å². The van der Waals surface area contributed by atoms with E-state index in [1.165, 1.54) is 35.4 Å². The van der Waals surface area contributed by atoms with E-state index in [1.807, 2.05) is 0 Å². The highest BCUT2D eigenvalue weighted by Gasteiger charge is 2.22. The summed E-state index contributed by atoms with van der Waals surface area (Å²) in [5.41, 5.74) is 1.16. The third-order valence-electron chi connectivity index (χ3n) is 5.07. The molecule has 33 heavy (non-hydrogen) atoms. The van der Waals surface area contributed by atoms with Gasteiger partial charge in [0.15, 0.2) is 11.5 Å². The van der Waals surface area contributed by atoms with Crippen molar-refractivity contribution in [3.05, 3.63) is 80.0 Å². The lowest BCUT2D eigenvalue weighted by molar-refractivity contribution is 0.629. The van der Waals surface area contributed by atoms with Gasteiger partial charge in [-0.3, -0.25) is 9.36 Å². The fraction of sp³-hybridized carbons (Fsp3) is 0.0952. The van der Waals surface area contributed by atoms with Gasteiger partial charge >= 0.3 is 0 Å². The largest absolute Gasteiger partial charge is 0.358 e. The predicted molar refractivity (Wildman–Crippen MR) is 126 cm³/mol. The summed E-state index contributed by atoms with van der Waals surface area (Å²) in [4.78, 5) is 33.7. The topological polar surface area (TPSA) is 101 Å². The van der Waals surface area contributed by atoms with Gasteiger partial charge in [0, 0.05) is 0 Å². The minimum absolute atomic E-state index is 0.0459. The molecule has 0 radical (unpaired) electrons. The average molecular weight is 505 g/mol. The van der Waals surface area contributed by atoms with Gasteiger partial charge in [0.25, 0.3) is 5.56 Å². The Balaban J connectivity index is 1.74. The number of H-pyrrole nitrogens is 1. The van der Waals surface area contributed by atoms with Gasteiger partial charge in [-0.25, -0.2) is 24.3 Å². The second-order valence-corrected chi connectivity index (χ2v) is 8.34. The van der Waals surface area contributed by atoms with E-state index < -0.39 is 17.4 Å². The first-order valence-corrected chi connectivity index (χ1v) is 10.7. The van der Waals surface area contributed by atoms with Crippen LogP contribution in [0.1, 0.15) is 18.8 Å². The zero-order valence-electron chi connectivity index (χ0n) is 16.8. The van der Waals surface area contributed by atoms with Gasteiger partial charge in [0.2, 0.25) is 0 Å². The Hall–Kier alpha value is -3.27. The van der Waals surface area contributed by atoms with E-state index in [9.17, 15) is 9.18 Å². The summed E-state index contributed by atoms with van der Waals surface area (Å²) in [6.07, 6.45) is 2.89. The lowest BCUT2D eigenvalue weighted by Gasteiger charge is -2.20. The molecule has 5 aromatic rings. The molecule has 8 nitrogen and oxygen atoms in total. The molecule has 0 saturated carbocycles. The molecule has 0 aliphatic heterocycles. The second-order valence-electron chi connectivity index (χ2n) is 7.15. The van der Waals surface area contributed by atoms with E-state index in [0.717, 1.165) is 0 Å². The van der Waals surface area contributed by atoms with Gasteiger partial charge in [-0.2, -0.15) is 0 Å². The van der Waals surface area contributed by atoms with Crippen LogP contribution in [0.2, 0.25) is 15.1 Å². The summed E-state index contributed by atoms with van der Waals surface area (Å²) in [6, 6.07) is 6.73. The van der Waals surface area contributed by atoms with Gasteiger partial charge in [0.1, 0.15) is 23.5 Å². The maximum Gasteiger partial charge on any atom is 0.267 e. The Bertz CT molecular complexity index is 1600. The molecule has 0 unspecified atom stereocenters. The van der Waals surface area contributed by atoms with Crippen LogP contribution in [0, 0.1) is 5.82 Å². The van der Waals surface area contributed by atoms with Crippen molar-refractivity contribution < 1.29 is 4.39 Å². The van der Waals surface area contributed by atoms with E-state index in [0.29, 0.717) is 33.5 Å². The molecule has 0 saturated heterocycles. The zero-order chi connectivity index (χ0) is 23.3. The third-order valence-corrected chi connectivity index (χ3v) is 6.18. The van der Waals surface area contributed by atoms with Crippen molar-refractivity contribution in [3.63, 3.8) is 0 Å². The van der Waals surface area contributed by atoms with E-state index in [2.05, 4.69) is 30.2 Å². The quantitative estimate of drug-likeness (QED) is 0.343. The highest BCUT2D eigenvalue weighted by molar-refractivity contribution is 6.42. The number of fused-ring (bicyclic) bond motifs is 2. The Morgan fingerprint density at radius 3 is 2.70 bits per heavy atom. The van der Waals surface area contributed by atoms with Crippen molar-refractivity contribution in [3.8, 4) is 5.69 Å². The molecule has 0 spiro atoms. The number of nitrogens with one attached hydrogen (secondary N) is 2. The summed E-state index contributed by atoms with van der Waals surface area (Å²) in [7, 11) is 0. The molecule has 3 heterocycles. The fourth-order valence-electron chi connectivity index (χ4n) is 3.53. The molecule has 2 aromatic carbocycles. The van der Waals surface area contributed by atoms with Crippen LogP contribution in [-0.2, 0) is 0 Å². The molecular formula is C21H13Cl3FN7O. The van der Waals surface area contributed by atoms with Crippen LogP contribution in [0.5, 0.6) is 0 Å². The molecular weight excluding hydrogens is 492 g/mol. The molecule has 166 valence electrons. The van der Waals surface area contributed by atoms with Crippen LogP contribution in [0.4, 0.5) is 10.2 Å². The number of hydrogen-bond donors (Lipinski definition) is 2. The number of imidazole rings is 1. The van der Waals surface area contributed by atoms with Crippen molar-refractivity contribution >= 4 is 62.7 Å². The van der Waals surface area contributed by atoms with Gasteiger partial charge in [-0.1, -0.05) is 34.8 Å². The number of halogens is 4. The normalized spacial score (nSPS) is 12.4. The number of benzene rings is 2. The number of aromatic nitrogens is 6. The molecule has 0 bridgehead atoms. The summed E-state index contributed by atoms with van der Waals surface area (Å²) >= 11 is 18.4. The molecule has 12 heteroatoms. The molecule has 0 amide bonds. The second kappa shape index (κ2) is 8.26. The highest BCUT2D eigenvalue weighted by atomic mass is 35.5. The van der Waals surface area contributed by atoms with Crippen molar-refractivity contribution in [1.82, 2.24) is 29.5 Å². The first kappa shape index (κ1) is 21.6. The maximum absolute atomic E-state index is 14.2. The molecule has 0 fully saturated rings.